The third-order valence-electron chi connectivity index (χ3n) is 4.05. The molecule has 2 rings (SSSR count). The molecule has 1 heterocycles. The number of sulfonamides is 1. The Balaban J connectivity index is 2.10. The van der Waals surface area contributed by atoms with E-state index < -0.39 is 10.0 Å². The summed E-state index contributed by atoms with van der Waals surface area (Å²) in [6, 6.07) is 1.51. The minimum Gasteiger partial charge on any atom is -0.452 e. The van der Waals surface area contributed by atoms with Gasteiger partial charge >= 0.3 is 0 Å². The Labute approximate surface area is 135 Å². The molecule has 21 heavy (non-hydrogen) atoms. The van der Waals surface area contributed by atoms with Crippen molar-refractivity contribution in [3.05, 3.63) is 16.5 Å². The molecule has 1 aromatic rings. The van der Waals surface area contributed by atoms with Gasteiger partial charge in [-0.25, -0.2) is 13.1 Å². The van der Waals surface area contributed by atoms with Crippen LogP contribution in [0.15, 0.2) is 20.0 Å². The van der Waals surface area contributed by atoms with Crippen molar-refractivity contribution in [2.45, 2.75) is 56.5 Å². The summed E-state index contributed by atoms with van der Waals surface area (Å²) in [6.07, 6.45) is 5.84. The van der Waals surface area contributed by atoms with Gasteiger partial charge in [-0.3, -0.25) is 0 Å². The molecular weight excluding hydrogens is 356 g/mol. The van der Waals surface area contributed by atoms with E-state index in [4.69, 9.17) is 4.42 Å². The summed E-state index contributed by atoms with van der Waals surface area (Å²) in [5.74, 6) is 1.02. The van der Waals surface area contributed by atoms with Crippen LogP contribution < -0.4 is 10.0 Å². The highest BCUT2D eigenvalue weighted by Gasteiger charge is 2.28. The maximum absolute atomic E-state index is 12.5. The Morgan fingerprint density at radius 1 is 1.38 bits per heavy atom. The van der Waals surface area contributed by atoms with Crippen LogP contribution in [0.4, 0.5) is 0 Å². The van der Waals surface area contributed by atoms with Crippen molar-refractivity contribution in [3.8, 4) is 0 Å². The molecule has 0 aromatic carbocycles. The summed E-state index contributed by atoms with van der Waals surface area (Å²) < 4.78 is 33.5. The van der Waals surface area contributed by atoms with Crippen LogP contribution in [0.3, 0.4) is 0 Å². The molecule has 0 aliphatic heterocycles. The quantitative estimate of drug-likeness (QED) is 0.797. The molecule has 1 aliphatic rings. The number of halogens is 1. The average Bonchev–Trinajstić information content (AvgIpc) is 2.81. The van der Waals surface area contributed by atoms with Crippen LogP contribution in [-0.4, -0.2) is 21.5 Å². The summed E-state index contributed by atoms with van der Waals surface area (Å²) in [7, 11) is -1.77. The molecule has 1 saturated carbocycles. The average molecular weight is 379 g/mol. The standard InChI is InChI=1S/C14H23BrN2O3S/c1-10(11-6-4-3-5-7-11)17-21(18,19)13-8-12(9-16-2)20-14(13)15/h8,10-11,16-17H,3-7,9H2,1-2H3. The fourth-order valence-electron chi connectivity index (χ4n) is 2.88. The molecule has 1 unspecified atom stereocenters. The highest BCUT2D eigenvalue weighted by molar-refractivity contribution is 9.10. The molecule has 1 atom stereocenters. The molecule has 0 amide bonds. The van der Waals surface area contributed by atoms with Gasteiger partial charge in [0, 0.05) is 12.1 Å². The zero-order valence-corrected chi connectivity index (χ0v) is 14.9. The molecule has 120 valence electrons. The van der Waals surface area contributed by atoms with E-state index in [9.17, 15) is 8.42 Å². The predicted molar refractivity (Wildman–Crippen MR) is 85.5 cm³/mol. The van der Waals surface area contributed by atoms with Crippen molar-refractivity contribution < 1.29 is 12.8 Å². The van der Waals surface area contributed by atoms with Crippen LogP contribution in [-0.2, 0) is 16.6 Å². The smallest absolute Gasteiger partial charge is 0.245 e. The van der Waals surface area contributed by atoms with Crippen LogP contribution in [0.5, 0.6) is 0 Å². The van der Waals surface area contributed by atoms with Crippen molar-refractivity contribution in [2.24, 2.45) is 5.92 Å². The van der Waals surface area contributed by atoms with Crippen LogP contribution in [0, 0.1) is 5.92 Å². The van der Waals surface area contributed by atoms with E-state index in [0.29, 0.717) is 18.2 Å². The molecule has 1 aliphatic carbocycles. The lowest BCUT2D eigenvalue weighted by atomic mass is 9.85. The molecule has 7 heteroatoms. The Morgan fingerprint density at radius 3 is 2.67 bits per heavy atom. The van der Waals surface area contributed by atoms with E-state index in [1.165, 1.54) is 19.3 Å². The van der Waals surface area contributed by atoms with E-state index in [-0.39, 0.29) is 15.6 Å². The Hall–Kier alpha value is -0.370. The Morgan fingerprint density at radius 2 is 2.05 bits per heavy atom. The predicted octanol–water partition coefficient (Wildman–Crippen LogP) is 3.01. The summed E-state index contributed by atoms with van der Waals surface area (Å²) in [5.41, 5.74) is 0. The third kappa shape index (κ3) is 4.31. The van der Waals surface area contributed by atoms with E-state index in [2.05, 4.69) is 26.0 Å². The molecule has 1 aromatic heterocycles. The van der Waals surface area contributed by atoms with Crippen LogP contribution in [0.25, 0.3) is 0 Å². The first-order chi connectivity index (χ1) is 9.94. The fourth-order valence-corrected chi connectivity index (χ4v) is 5.19. The second-order valence-corrected chi connectivity index (χ2v) is 8.09. The van der Waals surface area contributed by atoms with Gasteiger partial charge in [-0.15, -0.1) is 0 Å². The Kier molecular flexibility index (Phi) is 5.88. The van der Waals surface area contributed by atoms with Gasteiger partial charge < -0.3 is 9.73 Å². The molecule has 2 N–H and O–H groups in total. The summed E-state index contributed by atoms with van der Waals surface area (Å²) in [4.78, 5) is 0.176. The second-order valence-electron chi connectivity index (χ2n) is 5.69. The van der Waals surface area contributed by atoms with Gasteiger partial charge in [-0.2, -0.15) is 0 Å². The molecular formula is C14H23BrN2O3S. The van der Waals surface area contributed by atoms with E-state index in [0.717, 1.165) is 12.8 Å². The maximum Gasteiger partial charge on any atom is 0.245 e. The lowest BCUT2D eigenvalue weighted by molar-refractivity contribution is 0.303. The largest absolute Gasteiger partial charge is 0.452 e. The van der Waals surface area contributed by atoms with E-state index in [1.807, 2.05) is 6.92 Å². The van der Waals surface area contributed by atoms with Crippen molar-refractivity contribution in [1.29, 1.82) is 0 Å². The number of nitrogens with one attached hydrogen (secondary N) is 2. The van der Waals surface area contributed by atoms with Gasteiger partial charge in [0.2, 0.25) is 10.0 Å². The lowest BCUT2D eigenvalue weighted by Crippen LogP contribution is -2.38. The van der Waals surface area contributed by atoms with Gasteiger partial charge in [0.25, 0.3) is 0 Å². The van der Waals surface area contributed by atoms with Gasteiger partial charge in [-0.05, 0) is 48.7 Å². The lowest BCUT2D eigenvalue weighted by Gasteiger charge is -2.27. The highest BCUT2D eigenvalue weighted by atomic mass is 79.9. The van der Waals surface area contributed by atoms with E-state index in [1.54, 1.807) is 13.1 Å². The van der Waals surface area contributed by atoms with Crippen molar-refractivity contribution in [1.82, 2.24) is 10.0 Å². The van der Waals surface area contributed by atoms with Crippen LogP contribution >= 0.6 is 15.9 Å². The normalized spacial score (nSPS) is 18.8. The summed E-state index contributed by atoms with van der Waals surface area (Å²) >= 11 is 3.20. The number of furan rings is 1. The van der Waals surface area contributed by atoms with Crippen molar-refractivity contribution >= 4 is 26.0 Å². The maximum atomic E-state index is 12.5. The Bertz CT molecular complexity index is 565. The minimum absolute atomic E-state index is 0.0511. The number of rotatable bonds is 6. The molecule has 0 radical (unpaired) electrons. The molecule has 0 saturated heterocycles. The van der Waals surface area contributed by atoms with Gasteiger partial charge in [0.15, 0.2) is 4.67 Å². The SMILES string of the molecule is CNCc1cc(S(=O)(=O)NC(C)C2CCCCC2)c(Br)o1. The number of hydrogen-bond acceptors (Lipinski definition) is 4. The van der Waals surface area contributed by atoms with Crippen molar-refractivity contribution in [3.63, 3.8) is 0 Å². The highest BCUT2D eigenvalue weighted by Crippen LogP contribution is 2.29. The minimum atomic E-state index is -3.56. The van der Waals surface area contributed by atoms with Crippen LogP contribution in [0.1, 0.15) is 44.8 Å². The first kappa shape index (κ1) is 17.0. The first-order valence-electron chi connectivity index (χ1n) is 7.39. The summed E-state index contributed by atoms with van der Waals surface area (Å²) in [5, 5.41) is 2.94. The topological polar surface area (TPSA) is 71.3 Å². The van der Waals surface area contributed by atoms with Crippen LogP contribution in [0.2, 0.25) is 0 Å². The fraction of sp³-hybridized carbons (Fsp3) is 0.714. The zero-order chi connectivity index (χ0) is 15.5. The van der Waals surface area contributed by atoms with E-state index >= 15 is 0 Å². The molecule has 5 nitrogen and oxygen atoms in total. The third-order valence-corrected chi connectivity index (χ3v) is 6.46. The first-order valence-corrected chi connectivity index (χ1v) is 9.67. The summed E-state index contributed by atoms with van der Waals surface area (Å²) in [6.45, 7) is 2.45. The molecule has 0 bridgehead atoms. The monoisotopic (exact) mass is 378 g/mol. The van der Waals surface area contributed by atoms with Gasteiger partial charge in [0.1, 0.15) is 10.7 Å². The number of hydrogen-bond donors (Lipinski definition) is 2. The molecule has 1 fully saturated rings. The zero-order valence-electron chi connectivity index (χ0n) is 12.5. The second kappa shape index (κ2) is 7.26. The van der Waals surface area contributed by atoms with Crippen molar-refractivity contribution in [2.75, 3.05) is 7.05 Å². The van der Waals surface area contributed by atoms with Gasteiger partial charge in [-0.1, -0.05) is 19.3 Å². The molecule has 0 spiro atoms. The van der Waals surface area contributed by atoms with Gasteiger partial charge in [0.05, 0.1) is 6.54 Å².